The van der Waals surface area contributed by atoms with Crippen LogP contribution in [0.3, 0.4) is 0 Å². The van der Waals surface area contributed by atoms with Crippen LogP contribution in [0, 0.1) is 0 Å². The number of hydrogen-bond acceptors (Lipinski definition) is 1. The molecule has 0 aromatic carbocycles. The third kappa shape index (κ3) is 1.84. The van der Waals surface area contributed by atoms with Gasteiger partial charge in [-0.1, -0.05) is 0 Å². The van der Waals surface area contributed by atoms with Crippen molar-refractivity contribution >= 4 is 0 Å². The molecule has 0 saturated heterocycles. The summed E-state index contributed by atoms with van der Waals surface area (Å²) < 4.78 is 9.02. The summed E-state index contributed by atoms with van der Waals surface area (Å²) in [6.07, 6.45) is 6.06. The van der Waals surface area contributed by atoms with Crippen LogP contribution in [0.1, 0.15) is 0 Å². The molecule has 0 spiro atoms. The molecule has 0 radical (unpaired) electrons. The summed E-state index contributed by atoms with van der Waals surface area (Å²) in [6, 6.07) is 0. The summed E-state index contributed by atoms with van der Waals surface area (Å²) >= 11 is 0. The van der Waals surface area contributed by atoms with Gasteiger partial charge in [-0.2, -0.15) is 0 Å². The lowest BCUT2D eigenvalue weighted by atomic mass is 10.7. The van der Waals surface area contributed by atoms with Gasteiger partial charge in [0.25, 0.3) is 0 Å². The molecule has 0 amide bonds. The Hall–Kier alpha value is -0.830. The number of aromatic nitrogens is 2. The standard InChI is InChI=1S/C7H13N2O/c1-8-3-4-9(7-8)5-6-10-2/h3-4,7H,5-6H2,1-2H3/q+1. The van der Waals surface area contributed by atoms with Crippen molar-refractivity contribution < 1.29 is 9.30 Å². The highest BCUT2D eigenvalue weighted by Gasteiger charge is 1.96. The van der Waals surface area contributed by atoms with Crippen molar-refractivity contribution in [3.05, 3.63) is 18.7 Å². The summed E-state index contributed by atoms with van der Waals surface area (Å²) in [5, 5.41) is 0. The van der Waals surface area contributed by atoms with Crippen molar-refractivity contribution in [1.82, 2.24) is 4.57 Å². The van der Waals surface area contributed by atoms with Gasteiger partial charge in [0.05, 0.1) is 13.7 Å². The predicted octanol–water partition coefficient (Wildman–Crippen LogP) is -0.0410. The SMILES string of the molecule is COCC[n+]1ccn(C)c1. The third-order valence-electron chi connectivity index (χ3n) is 1.38. The summed E-state index contributed by atoms with van der Waals surface area (Å²) in [5.41, 5.74) is 0. The van der Waals surface area contributed by atoms with Crippen LogP contribution in [0.15, 0.2) is 18.7 Å². The Morgan fingerprint density at radius 3 is 2.90 bits per heavy atom. The van der Waals surface area contributed by atoms with Crippen LogP contribution in [0.25, 0.3) is 0 Å². The highest BCUT2D eigenvalue weighted by atomic mass is 16.5. The fourth-order valence-electron chi connectivity index (χ4n) is 0.831. The number of rotatable bonds is 3. The first-order valence-corrected chi connectivity index (χ1v) is 3.33. The van der Waals surface area contributed by atoms with Crippen molar-refractivity contribution in [2.75, 3.05) is 13.7 Å². The van der Waals surface area contributed by atoms with Gasteiger partial charge in [-0.3, -0.25) is 0 Å². The van der Waals surface area contributed by atoms with Gasteiger partial charge in [0.1, 0.15) is 18.9 Å². The first kappa shape index (κ1) is 7.28. The molecule has 0 atom stereocenters. The lowest BCUT2D eigenvalue weighted by Gasteiger charge is -1.92. The molecule has 1 aromatic rings. The summed E-state index contributed by atoms with van der Waals surface area (Å²) in [5.74, 6) is 0. The second kappa shape index (κ2) is 3.37. The van der Waals surface area contributed by atoms with Gasteiger partial charge in [-0.15, -0.1) is 0 Å². The Balaban J connectivity index is 2.42. The van der Waals surface area contributed by atoms with E-state index in [0.29, 0.717) is 0 Å². The van der Waals surface area contributed by atoms with Crippen LogP contribution in [-0.2, 0) is 18.3 Å². The minimum absolute atomic E-state index is 0.772. The number of methoxy groups -OCH3 is 1. The molecule has 10 heavy (non-hydrogen) atoms. The second-order valence-electron chi connectivity index (χ2n) is 2.31. The largest absolute Gasteiger partial charge is 0.381 e. The van der Waals surface area contributed by atoms with Crippen LogP contribution in [0.4, 0.5) is 0 Å². The molecule has 1 heterocycles. The molecule has 0 aliphatic heterocycles. The topological polar surface area (TPSA) is 18.0 Å². The second-order valence-corrected chi connectivity index (χ2v) is 2.31. The Morgan fingerprint density at radius 2 is 2.40 bits per heavy atom. The third-order valence-corrected chi connectivity index (χ3v) is 1.38. The number of aryl methyl sites for hydroxylation is 1. The number of imidazole rings is 1. The van der Waals surface area contributed by atoms with E-state index in [-0.39, 0.29) is 0 Å². The number of nitrogens with zero attached hydrogens (tertiary/aromatic N) is 2. The van der Waals surface area contributed by atoms with E-state index in [1.807, 2.05) is 30.3 Å². The van der Waals surface area contributed by atoms with E-state index in [4.69, 9.17) is 4.74 Å². The van der Waals surface area contributed by atoms with Crippen LogP contribution >= 0.6 is 0 Å². The maximum atomic E-state index is 4.92. The highest BCUT2D eigenvalue weighted by Crippen LogP contribution is 1.76. The van der Waals surface area contributed by atoms with Crippen molar-refractivity contribution in [3.63, 3.8) is 0 Å². The van der Waals surface area contributed by atoms with Crippen LogP contribution in [-0.4, -0.2) is 18.3 Å². The molecule has 0 aliphatic rings. The van der Waals surface area contributed by atoms with Crippen molar-refractivity contribution in [1.29, 1.82) is 0 Å². The molecular weight excluding hydrogens is 128 g/mol. The van der Waals surface area contributed by atoms with Gasteiger partial charge >= 0.3 is 0 Å². The summed E-state index contributed by atoms with van der Waals surface area (Å²) in [6.45, 7) is 1.70. The molecule has 1 aromatic heterocycles. The average Bonchev–Trinajstić information content (AvgIpc) is 2.31. The monoisotopic (exact) mass is 141 g/mol. The van der Waals surface area contributed by atoms with Gasteiger partial charge in [-0.25, -0.2) is 9.13 Å². The maximum absolute atomic E-state index is 4.92. The molecule has 0 saturated carbocycles. The molecule has 0 bridgehead atoms. The van der Waals surface area contributed by atoms with Crippen LogP contribution in [0.5, 0.6) is 0 Å². The fraction of sp³-hybridized carbons (Fsp3) is 0.571. The Kier molecular flexibility index (Phi) is 2.45. The quantitative estimate of drug-likeness (QED) is 0.540. The minimum atomic E-state index is 0.772. The van der Waals surface area contributed by atoms with Gasteiger partial charge in [0.2, 0.25) is 6.33 Å². The van der Waals surface area contributed by atoms with E-state index in [1.54, 1.807) is 7.11 Å². The van der Waals surface area contributed by atoms with Gasteiger partial charge in [-0.05, 0) is 0 Å². The minimum Gasteiger partial charge on any atom is -0.381 e. The maximum Gasteiger partial charge on any atom is 0.243 e. The van der Waals surface area contributed by atoms with E-state index >= 15 is 0 Å². The zero-order valence-corrected chi connectivity index (χ0v) is 6.45. The Morgan fingerprint density at radius 1 is 1.60 bits per heavy atom. The summed E-state index contributed by atoms with van der Waals surface area (Å²) in [7, 11) is 3.72. The van der Waals surface area contributed by atoms with Gasteiger partial charge < -0.3 is 4.74 Å². The smallest absolute Gasteiger partial charge is 0.243 e. The first-order valence-electron chi connectivity index (χ1n) is 3.33. The Labute approximate surface area is 60.9 Å². The van der Waals surface area contributed by atoms with E-state index in [0.717, 1.165) is 13.2 Å². The van der Waals surface area contributed by atoms with Crippen LogP contribution < -0.4 is 4.57 Å². The van der Waals surface area contributed by atoms with E-state index in [2.05, 4.69) is 4.57 Å². The summed E-state index contributed by atoms with van der Waals surface area (Å²) in [4.78, 5) is 0. The molecule has 1 rings (SSSR count). The average molecular weight is 141 g/mol. The fourth-order valence-corrected chi connectivity index (χ4v) is 0.831. The van der Waals surface area contributed by atoms with E-state index < -0.39 is 0 Å². The zero-order valence-electron chi connectivity index (χ0n) is 6.45. The predicted molar refractivity (Wildman–Crippen MR) is 37.5 cm³/mol. The van der Waals surface area contributed by atoms with E-state index in [9.17, 15) is 0 Å². The molecular formula is C7H13N2O+. The van der Waals surface area contributed by atoms with Crippen molar-refractivity contribution in [2.24, 2.45) is 7.05 Å². The van der Waals surface area contributed by atoms with Crippen LogP contribution in [0.2, 0.25) is 0 Å². The van der Waals surface area contributed by atoms with Gasteiger partial charge in [0, 0.05) is 7.11 Å². The molecule has 0 fully saturated rings. The first-order chi connectivity index (χ1) is 4.83. The molecule has 0 N–H and O–H groups in total. The van der Waals surface area contributed by atoms with Crippen molar-refractivity contribution in [3.8, 4) is 0 Å². The molecule has 3 heteroatoms. The molecule has 56 valence electrons. The number of hydrogen-bond donors (Lipinski definition) is 0. The normalized spacial score (nSPS) is 10.2. The zero-order chi connectivity index (χ0) is 7.40. The van der Waals surface area contributed by atoms with Crippen molar-refractivity contribution in [2.45, 2.75) is 6.54 Å². The molecule has 0 aliphatic carbocycles. The van der Waals surface area contributed by atoms with E-state index in [1.165, 1.54) is 0 Å². The lowest BCUT2D eigenvalue weighted by Crippen LogP contribution is -2.33. The molecule has 0 unspecified atom stereocenters. The Bertz CT molecular complexity index is 195. The number of ether oxygens (including phenoxy) is 1. The highest BCUT2D eigenvalue weighted by molar-refractivity contribution is 4.61. The van der Waals surface area contributed by atoms with Gasteiger partial charge in [0.15, 0.2) is 0 Å². The lowest BCUT2D eigenvalue weighted by molar-refractivity contribution is -0.697. The molecule has 3 nitrogen and oxygen atoms in total.